The molecule has 0 saturated carbocycles. The standard InChI is InChI=1S/C26H50O2/c1-2-3-4-5-6-7-8-9-10-11-12-13-14-15-16-17-18-19-20-21-22-23-24-25-26(27)28/h4-5H,2-3,6-25H2,1H3,(H,27,28)/b5-4-. The van der Waals surface area contributed by atoms with Crippen LogP contribution >= 0.6 is 0 Å². The summed E-state index contributed by atoms with van der Waals surface area (Å²) < 4.78 is 0. The van der Waals surface area contributed by atoms with Crippen molar-refractivity contribution in [3.63, 3.8) is 0 Å². The Bertz CT molecular complexity index is 335. The van der Waals surface area contributed by atoms with Gasteiger partial charge in [-0.2, -0.15) is 0 Å². The monoisotopic (exact) mass is 394 g/mol. The van der Waals surface area contributed by atoms with E-state index in [1.165, 1.54) is 122 Å². The number of allylic oxidation sites excluding steroid dienone is 2. The molecule has 0 aliphatic carbocycles. The number of carbonyl (C=O) groups is 1. The topological polar surface area (TPSA) is 37.3 Å². The van der Waals surface area contributed by atoms with Crippen LogP contribution in [-0.4, -0.2) is 11.1 Å². The number of rotatable bonds is 23. The molecule has 28 heavy (non-hydrogen) atoms. The van der Waals surface area contributed by atoms with Crippen LogP contribution in [-0.2, 0) is 4.79 Å². The lowest BCUT2D eigenvalue weighted by molar-refractivity contribution is -0.137. The SMILES string of the molecule is CCC/C=C\CCCCCCCCCCCCCCCCCCCCC(=O)O. The minimum Gasteiger partial charge on any atom is -0.481 e. The lowest BCUT2D eigenvalue weighted by atomic mass is 10.0. The van der Waals surface area contributed by atoms with Crippen LogP contribution in [0.1, 0.15) is 148 Å². The smallest absolute Gasteiger partial charge is 0.303 e. The summed E-state index contributed by atoms with van der Waals surface area (Å²) in [7, 11) is 0. The Morgan fingerprint density at radius 3 is 1.21 bits per heavy atom. The molecule has 0 fully saturated rings. The molecule has 0 rings (SSSR count). The van der Waals surface area contributed by atoms with Gasteiger partial charge in [-0.1, -0.05) is 128 Å². The molecule has 0 aromatic rings. The van der Waals surface area contributed by atoms with Crippen molar-refractivity contribution in [1.82, 2.24) is 0 Å². The van der Waals surface area contributed by atoms with Gasteiger partial charge in [0.15, 0.2) is 0 Å². The fourth-order valence-electron chi connectivity index (χ4n) is 3.77. The molecule has 0 spiro atoms. The predicted molar refractivity (Wildman–Crippen MR) is 124 cm³/mol. The van der Waals surface area contributed by atoms with Crippen molar-refractivity contribution in [2.24, 2.45) is 0 Å². The zero-order valence-electron chi connectivity index (χ0n) is 19.1. The van der Waals surface area contributed by atoms with Crippen molar-refractivity contribution < 1.29 is 9.90 Å². The van der Waals surface area contributed by atoms with Crippen molar-refractivity contribution in [1.29, 1.82) is 0 Å². The van der Waals surface area contributed by atoms with E-state index in [0.717, 1.165) is 12.8 Å². The summed E-state index contributed by atoms with van der Waals surface area (Å²) in [6.45, 7) is 2.24. The zero-order chi connectivity index (χ0) is 20.5. The molecule has 0 saturated heterocycles. The second-order valence-electron chi connectivity index (χ2n) is 8.56. The fourth-order valence-corrected chi connectivity index (χ4v) is 3.77. The van der Waals surface area contributed by atoms with Crippen LogP contribution < -0.4 is 0 Å². The molecular formula is C26H50O2. The second kappa shape index (κ2) is 24.2. The van der Waals surface area contributed by atoms with Gasteiger partial charge in [0, 0.05) is 6.42 Å². The first-order valence-electron chi connectivity index (χ1n) is 12.6. The highest BCUT2D eigenvalue weighted by Crippen LogP contribution is 2.14. The predicted octanol–water partition coefficient (Wildman–Crippen LogP) is 9.23. The Labute approximate surface area is 176 Å². The van der Waals surface area contributed by atoms with E-state index in [1.807, 2.05) is 0 Å². The first kappa shape index (κ1) is 27.2. The fraction of sp³-hybridized carbons (Fsp3) is 0.885. The van der Waals surface area contributed by atoms with Gasteiger partial charge in [0.2, 0.25) is 0 Å². The van der Waals surface area contributed by atoms with E-state index in [4.69, 9.17) is 5.11 Å². The third-order valence-corrected chi connectivity index (χ3v) is 5.63. The molecule has 2 heteroatoms. The van der Waals surface area contributed by atoms with Crippen molar-refractivity contribution in [3.8, 4) is 0 Å². The first-order chi connectivity index (χ1) is 13.8. The normalized spacial score (nSPS) is 11.5. The number of carboxylic acids is 1. The molecule has 2 nitrogen and oxygen atoms in total. The van der Waals surface area contributed by atoms with Crippen LogP contribution in [0.2, 0.25) is 0 Å². The minimum absolute atomic E-state index is 0.344. The highest BCUT2D eigenvalue weighted by Gasteiger charge is 1.97. The van der Waals surface area contributed by atoms with E-state index in [-0.39, 0.29) is 0 Å². The lowest BCUT2D eigenvalue weighted by Gasteiger charge is -2.04. The highest BCUT2D eigenvalue weighted by molar-refractivity contribution is 5.66. The van der Waals surface area contributed by atoms with E-state index in [0.29, 0.717) is 6.42 Å². The van der Waals surface area contributed by atoms with Gasteiger partial charge in [-0.25, -0.2) is 0 Å². The molecular weight excluding hydrogens is 344 g/mol. The summed E-state index contributed by atoms with van der Waals surface area (Å²) in [6, 6.07) is 0. The zero-order valence-corrected chi connectivity index (χ0v) is 19.1. The van der Waals surface area contributed by atoms with Crippen molar-refractivity contribution >= 4 is 5.97 Å². The Morgan fingerprint density at radius 2 is 0.857 bits per heavy atom. The van der Waals surface area contributed by atoms with Crippen molar-refractivity contribution in [3.05, 3.63) is 12.2 Å². The van der Waals surface area contributed by atoms with Crippen LogP contribution in [0.5, 0.6) is 0 Å². The van der Waals surface area contributed by atoms with Gasteiger partial charge in [-0.15, -0.1) is 0 Å². The Hall–Kier alpha value is -0.790. The van der Waals surface area contributed by atoms with Gasteiger partial charge in [0.25, 0.3) is 0 Å². The van der Waals surface area contributed by atoms with E-state index < -0.39 is 5.97 Å². The molecule has 1 N–H and O–H groups in total. The van der Waals surface area contributed by atoms with Crippen LogP contribution in [0.4, 0.5) is 0 Å². The van der Waals surface area contributed by atoms with Gasteiger partial charge in [-0.05, 0) is 25.7 Å². The van der Waals surface area contributed by atoms with E-state index in [1.54, 1.807) is 0 Å². The Morgan fingerprint density at radius 1 is 0.536 bits per heavy atom. The Kier molecular flexibility index (Phi) is 23.6. The third kappa shape index (κ3) is 25.2. The Balaban J connectivity index is 3.02. The summed E-state index contributed by atoms with van der Waals surface area (Å²) >= 11 is 0. The number of hydrogen-bond donors (Lipinski definition) is 1. The lowest BCUT2D eigenvalue weighted by Crippen LogP contribution is -1.93. The number of unbranched alkanes of at least 4 members (excludes halogenated alkanes) is 19. The van der Waals surface area contributed by atoms with Crippen molar-refractivity contribution in [2.75, 3.05) is 0 Å². The van der Waals surface area contributed by atoms with Gasteiger partial charge < -0.3 is 5.11 Å². The molecule has 0 bridgehead atoms. The van der Waals surface area contributed by atoms with Gasteiger partial charge >= 0.3 is 5.97 Å². The van der Waals surface area contributed by atoms with Gasteiger partial charge in [0.1, 0.15) is 0 Å². The molecule has 0 unspecified atom stereocenters. The molecule has 0 radical (unpaired) electrons. The first-order valence-corrected chi connectivity index (χ1v) is 12.6. The van der Waals surface area contributed by atoms with E-state index in [2.05, 4.69) is 19.1 Å². The van der Waals surface area contributed by atoms with Gasteiger partial charge in [0.05, 0.1) is 0 Å². The average molecular weight is 395 g/mol. The quantitative estimate of drug-likeness (QED) is 0.138. The minimum atomic E-state index is -0.652. The highest BCUT2D eigenvalue weighted by atomic mass is 16.4. The van der Waals surface area contributed by atoms with E-state index in [9.17, 15) is 4.79 Å². The summed E-state index contributed by atoms with van der Waals surface area (Å²) in [5.41, 5.74) is 0. The summed E-state index contributed by atoms with van der Waals surface area (Å²) in [5, 5.41) is 8.58. The third-order valence-electron chi connectivity index (χ3n) is 5.63. The van der Waals surface area contributed by atoms with Crippen LogP contribution in [0.15, 0.2) is 12.2 Å². The van der Waals surface area contributed by atoms with Crippen LogP contribution in [0, 0.1) is 0 Å². The molecule has 0 aliphatic heterocycles. The number of aliphatic carboxylic acids is 1. The second-order valence-corrected chi connectivity index (χ2v) is 8.56. The van der Waals surface area contributed by atoms with Crippen molar-refractivity contribution in [2.45, 2.75) is 148 Å². The van der Waals surface area contributed by atoms with E-state index >= 15 is 0 Å². The van der Waals surface area contributed by atoms with Crippen LogP contribution in [0.25, 0.3) is 0 Å². The van der Waals surface area contributed by atoms with Crippen LogP contribution in [0.3, 0.4) is 0 Å². The largest absolute Gasteiger partial charge is 0.481 e. The molecule has 0 heterocycles. The number of carboxylic acid groups (broad SMARTS) is 1. The molecule has 0 amide bonds. The number of hydrogen-bond acceptors (Lipinski definition) is 1. The summed E-state index contributed by atoms with van der Waals surface area (Å²) in [4.78, 5) is 10.4. The maximum Gasteiger partial charge on any atom is 0.303 e. The maximum atomic E-state index is 10.4. The molecule has 0 aromatic carbocycles. The van der Waals surface area contributed by atoms with Gasteiger partial charge in [-0.3, -0.25) is 4.79 Å². The average Bonchev–Trinajstić information content (AvgIpc) is 2.68. The maximum absolute atomic E-state index is 10.4. The molecule has 0 atom stereocenters. The molecule has 166 valence electrons. The molecule has 0 aliphatic rings. The summed E-state index contributed by atoms with van der Waals surface area (Å²) in [6.07, 6.45) is 33.1. The molecule has 0 aromatic heterocycles. The summed E-state index contributed by atoms with van der Waals surface area (Å²) in [5.74, 6) is -0.652.